The van der Waals surface area contributed by atoms with Gasteiger partial charge in [-0.2, -0.15) is 0 Å². The van der Waals surface area contributed by atoms with Crippen molar-refractivity contribution in [2.75, 3.05) is 40.9 Å². The Balaban J connectivity index is 1.88. The lowest BCUT2D eigenvalue weighted by molar-refractivity contribution is 0.105. The number of aliphatic imine (C=N–C) groups is 1. The SMILES string of the molecule is CCOCCC1(CNC(=NC)NCc2ccc(S(=O)(=O)N(C)C)s2)CCCC1. The highest BCUT2D eigenvalue weighted by atomic mass is 32.2. The van der Waals surface area contributed by atoms with Gasteiger partial charge in [0.2, 0.25) is 0 Å². The molecular weight excluding hydrogens is 396 g/mol. The van der Waals surface area contributed by atoms with Gasteiger partial charge in [0.1, 0.15) is 4.21 Å². The topological polar surface area (TPSA) is 83.0 Å². The highest BCUT2D eigenvalue weighted by molar-refractivity contribution is 7.91. The summed E-state index contributed by atoms with van der Waals surface area (Å²) >= 11 is 1.29. The van der Waals surface area contributed by atoms with Gasteiger partial charge in [-0.15, -0.1) is 11.3 Å². The molecule has 1 aliphatic rings. The minimum absolute atomic E-state index is 0.280. The maximum atomic E-state index is 12.2. The molecule has 0 unspecified atom stereocenters. The summed E-state index contributed by atoms with van der Waals surface area (Å²) in [5.74, 6) is 0.744. The molecule has 0 amide bonds. The van der Waals surface area contributed by atoms with E-state index in [9.17, 15) is 8.42 Å². The zero-order chi connectivity index (χ0) is 20.6. The van der Waals surface area contributed by atoms with Gasteiger partial charge in [-0.05, 0) is 43.7 Å². The fourth-order valence-electron chi connectivity index (χ4n) is 3.51. The molecule has 28 heavy (non-hydrogen) atoms. The van der Waals surface area contributed by atoms with E-state index in [0.717, 1.165) is 37.0 Å². The predicted octanol–water partition coefficient (Wildman–Crippen LogP) is 2.65. The summed E-state index contributed by atoms with van der Waals surface area (Å²) in [4.78, 5) is 5.27. The monoisotopic (exact) mass is 430 g/mol. The first kappa shape index (κ1) is 23.1. The lowest BCUT2D eigenvalue weighted by Crippen LogP contribution is -2.43. The van der Waals surface area contributed by atoms with Gasteiger partial charge in [-0.1, -0.05) is 12.8 Å². The van der Waals surface area contributed by atoms with Crippen LogP contribution in [0.3, 0.4) is 0 Å². The molecule has 0 aliphatic heterocycles. The summed E-state index contributed by atoms with van der Waals surface area (Å²) in [6.07, 6.45) is 6.07. The average molecular weight is 431 g/mol. The van der Waals surface area contributed by atoms with Crippen molar-refractivity contribution in [2.24, 2.45) is 10.4 Å². The van der Waals surface area contributed by atoms with E-state index in [0.29, 0.717) is 10.8 Å². The summed E-state index contributed by atoms with van der Waals surface area (Å²) in [5, 5.41) is 6.76. The van der Waals surface area contributed by atoms with E-state index in [2.05, 4.69) is 15.6 Å². The minimum atomic E-state index is -3.37. The van der Waals surface area contributed by atoms with Crippen LogP contribution in [0, 0.1) is 5.41 Å². The van der Waals surface area contributed by atoms with Gasteiger partial charge in [0, 0.05) is 45.8 Å². The summed E-state index contributed by atoms with van der Waals surface area (Å²) in [6.45, 7) is 5.02. The van der Waals surface area contributed by atoms with Gasteiger partial charge in [-0.25, -0.2) is 12.7 Å². The van der Waals surface area contributed by atoms with Crippen LogP contribution in [-0.2, 0) is 21.3 Å². The summed E-state index contributed by atoms with van der Waals surface area (Å²) in [5.41, 5.74) is 0.280. The van der Waals surface area contributed by atoms with Crippen molar-refractivity contribution in [3.05, 3.63) is 17.0 Å². The second kappa shape index (κ2) is 10.6. The molecule has 9 heteroatoms. The van der Waals surface area contributed by atoms with Crippen molar-refractivity contribution < 1.29 is 13.2 Å². The first-order valence-electron chi connectivity index (χ1n) is 9.86. The number of thiophene rings is 1. The highest BCUT2D eigenvalue weighted by Gasteiger charge is 2.33. The van der Waals surface area contributed by atoms with Crippen LogP contribution in [0.4, 0.5) is 0 Å². The lowest BCUT2D eigenvalue weighted by Gasteiger charge is -2.30. The fraction of sp³-hybridized carbons (Fsp3) is 0.737. The van der Waals surface area contributed by atoms with Crippen LogP contribution in [0.2, 0.25) is 0 Å². The molecule has 2 N–H and O–H groups in total. The van der Waals surface area contributed by atoms with Crippen LogP contribution in [0.1, 0.15) is 43.9 Å². The maximum absolute atomic E-state index is 12.2. The van der Waals surface area contributed by atoms with E-state index >= 15 is 0 Å². The molecule has 1 saturated carbocycles. The summed E-state index contributed by atoms with van der Waals surface area (Å²) < 4.78 is 31.6. The van der Waals surface area contributed by atoms with E-state index in [-0.39, 0.29) is 5.41 Å². The van der Waals surface area contributed by atoms with Crippen LogP contribution in [0.5, 0.6) is 0 Å². The number of nitrogens with one attached hydrogen (secondary N) is 2. The normalized spacial score (nSPS) is 17.2. The van der Waals surface area contributed by atoms with E-state index in [4.69, 9.17) is 4.74 Å². The Hall–Kier alpha value is -1.16. The molecular formula is C19H34N4O3S2. The van der Waals surface area contributed by atoms with Crippen molar-refractivity contribution in [2.45, 2.75) is 49.8 Å². The lowest BCUT2D eigenvalue weighted by atomic mass is 9.83. The van der Waals surface area contributed by atoms with Gasteiger partial charge in [0.25, 0.3) is 10.0 Å². The number of ether oxygens (including phenoxy) is 1. The van der Waals surface area contributed by atoms with E-state index in [1.165, 1.54) is 41.3 Å². The number of hydrogen-bond donors (Lipinski definition) is 2. The van der Waals surface area contributed by atoms with Gasteiger partial charge in [0.05, 0.1) is 6.54 Å². The number of rotatable bonds is 10. The van der Waals surface area contributed by atoms with Crippen molar-refractivity contribution in [3.8, 4) is 0 Å². The van der Waals surface area contributed by atoms with Crippen molar-refractivity contribution >= 4 is 27.3 Å². The molecule has 0 bridgehead atoms. The number of guanidine groups is 1. The fourth-order valence-corrected chi connectivity index (χ4v) is 5.97. The van der Waals surface area contributed by atoms with E-state index < -0.39 is 10.0 Å². The van der Waals surface area contributed by atoms with E-state index in [1.54, 1.807) is 27.2 Å². The summed E-state index contributed by atoms with van der Waals surface area (Å²) in [7, 11) is 1.47. The Morgan fingerprint density at radius 3 is 2.61 bits per heavy atom. The van der Waals surface area contributed by atoms with Crippen LogP contribution in [-0.4, -0.2) is 59.6 Å². The second-order valence-corrected chi connectivity index (χ2v) is 11.0. The minimum Gasteiger partial charge on any atom is -0.382 e. The Morgan fingerprint density at radius 1 is 1.29 bits per heavy atom. The molecule has 0 atom stereocenters. The van der Waals surface area contributed by atoms with Crippen molar-refractivity contribution in [1.29, 1.82) is 0 Å². The number of nitrogens with zero attached hydrogens (tertiary/aromatic N) is 2. The Bertz CT molecular complexity index is 738. The van der Waals surface area contributed by atoms with Crippen LogP contribution >= 0.6 is 11.3 Å². The molecule has 0 radical (unpaired) electrons. The molecule has 160 valence electrons. The Kier molecular flexibility index (Phi) is 8.73. The first-order chi connectivity index (χ1) is 13.3. The Labute approximate surface area is 173 Å². The smallest absolute Gasteiger partial charge is 0.252 e. The molecule has 1 fully saturated rings. The highest BCUT2D eigenvalue weighted by Crippen LogP contribution is 2.40. The first-order valence-corrected chi connectivity index (χ1v) is 12.1. The molecule has 7 nitrogen and oxygen atoms in total. The zero-order valence-electron chi connectivity index (χ0n) is 17.5. The molecule has 0 aromatic carbocycles. The Morgan fingerprint density at radius 2 is 2.00 bits per heavy atom. The van der Waals surface area contributed by atoms with Crippen LogP contribution < -0.4 is 10.6 Å². The molecule has 0 spiro atoms. The quantitative estimate of drug-likeness (QED) is 0.339. The van der Waals surface area contributed by atoms with Gasteiger partial charge < -0.3 is 15.4 Å². The van der Waals surface area contributed by atoms with Crippen molar-refractivity contribution in [1.82, 2.24) is 14.9 Å². The largest absolute Gasteiger partial charge is 0.382 e. The molecule has 1 aromatic heterocycles. The van der Waals surface area contributed by atoms with Crippen molar-refractivity contribution in [3.63, 3.8) is 0 Å². The van der Waals surface area contributed by atoms with Gasteiger partial charge in [0.15, 0.2) is 5.96 Å². The van der Waals surface area contributed by atoms with Crippen LogP contribution in [0.15, 0.2) is 21.3 Å². The third-order valence-corrected chi connectivity index (χ3v) is 8.67. The third kappa shape index (κ3) is 6.17. The van der Waals surface area contributed by atoms with E-state index in [1.807, 2.05) is 13.0 Å². The molecule has 1 heterocycles. The molecule has 1 aromatic rings. The second-order valence-electron chi connectivity index (χ2n) is 7.44. The maximum Gasteiger partial charge on any atom is 0.252 e. The predicted molar refractivity (Wildman–Crippen MR) is 115 cm³/mol. The number of sulfonamides is 1. The molecule has 2 rings (SSSR count). The zero-order valence-corrected chi connectivity index (χ0v) is 19.1. The van der Waals surface area contributed by atoms with Gasteiger partial charge >= 0.3 is 0 Å². The number of hydrogen-bond acceptors (Lipinski definition) is 5. The molecule has 1 aliphatic carbocycles. The molecule has 0 saturated heterocycles. The summed E-state index contributed by atoms with van der Waals surface area (Å²) in [6, 6.07) is 3.51. The van der Waals surface area contributed by atoms with Gasteiger partial charge in [-0.3, -0.25) is 4.99 Å². The average Bonchev–Trinajstić information content (AvgIpc) is 3.32. The third-order valence-electron chi connectivity index (χ3n) is 5.30. The van der Waals surface area contributed by atoms with Crippen LogP contribution in [0.25, 0.3) is 0 Å². The standard InChI is InChI=1S/C19H34N4O3S2/c1-5-26-13-12-19(10-6-7-11-19)15-22-18(20-2)21-14-16-8-9-17(27-16)28(24,25)23(3)4/h8-9H,5-7,10-15H2,1-4H3,(H2,20,21,22).